The molecule has 1 aromatic rings. The molecule has 1 N–H and O–H groups in total. The monoisotopic (exact) mass is 384 g/mol. The van der Waals surface area contributed by atoms with E-state index in [1.54, 1.807) is 52.2 Å². The van der Waals surface area contributed by atoms with Crippen LogP contribution in [0.4, 0.5) is 0 Å². The van der Waals surface area contributed by atoms with Crippen molar-refractivity contribution in [3.8, 4) is 0 Å². The number of ether oxygens (including phenoxy) is 1. The highest BCUT2D eigenvalue weighted by atomic mass is 79.9. The minimum atomic E-state index is -0.818. The number of halogens is 1. The van der Waals surface area contributed by atoms with Gasteiger partial charge in [-0.1, -0.05) is 29.8 Å². The Morgan fingerprint density at radius 3 is 2.22 bits per heavy atom. The lowest BCUT2D eigenvalue weighted by atomic mass is 10.0. The second kappa shape index (κ2) is 8.67. The van der Waals surface area contributed by atoms with Crippen molar-refractivity contribution < 1.29 is 19.1 Å². The van der Waals surface area contributed by atoms with Crippen LogP contribution < -0.4 is 5.32 Å². The predicted octanol–water partition coefficient (Wildman–Crippen LogP) is 1.83. The first-order valence-corrected chi connectivity index (χ1v) is 7.95. The van der Waals surface area contributed by atoms with E-state index in [1.165, 1.54) is 4.90 Å². The second-order valence-corrected chi connectivity index (χ2v) is 6.51. The number of carbonyl (C=O) groups is 3. The number of hydrogen-bond donors (Lipinski definition) is 1. The normalized spacial score (nSPS) is 11.7. The minimum Gasteiger partial charge on any atom is -0.454 e. The van der Waals surface area contributed by atoms with Gasteiger partial charge in [-0.3, -0.25) is 9.59 Å². The number of benzene rings is 1. The molecule has 1 atom stereocenters. The van der Waals surface area contributed by atoms with E-state index >= 15 is 0 Å². The highest BCUT2D eigenvalue weighted by molar-refractivity contribution is 9.10. The maximum Gasteiger partial charge on any atom is 0.329 e. The molecule has 0 aliphatic heterocycles. The van der Waals surface area contributed by atoms with Crippen LogP contribution >= 0.6 is 15.9 Å². The van der Waals surface area contributed by atoms with Gasteiger partial charge in [0.2, 0.25) is 0 Å². The lowest BCUT2D eigenvalue weighted by molar-refractivity contribution is -0.153. The highest BCUT2D eigenvalue weighted by Crippen LogP contribution is 2.12. The summed E-state index contributed by atoms with van der Waals surface area (Å²) in [6.07, 6.45) is 0. The van der Waals surface area contributed by atoms with Crippen molar-refractivity contribution in [2.45, 2.75) is 19.9 Å². The van der Waals surface area contributed by atoms with Gasteiger partial charge < -0.3 is 15.0 Å². The fourth-order valence-corrected chi connectivity index (χ4v) is 1.94. The molecule has 0 aromatic heterocycles. The quantitative estimate of drug-likeness (QED) is 0.759. The number of likely N-dealkylation sites (N-methyl/N-ethyl adjacent to an activating group) is 1. The third kappa shape index (κ3) is 6.02. The van der Waals surface area contributed by atoms with Crippen molar-refractivity contribution in [2.24, 2.45) is 5.92 Å². The Morgan fingerprint density at radius 2 is 1.74 bits per heavy atom. The average molecular weight is 385 g/mol. The van der Waals surface area contributed by atoms with Gasteiger partial charge in [-0.25, -0.2) is 4.79 Å². The molecule has 0 spiro atoms. The van der Waals surface area contributed by atoms with Crippen LogP contribution in [-0.2, 0) is 14.3 Å². The summed E-state index contributed by atoms with van der Waals surface area (Å²) >= 11 is 3.30. The fraction of sp³-hybridized carbons (Fsp3) is 0.438. The van der Waals surface area contributed by atoms with Crippen LogP contribution in [0, 0.1) is 5.92 Å². The average Bonchev–Trinajstić information content (AvgIpc) is 2.49. The number of carbonyl (C=O) groups excluding carboxylic acids is 3. The van der Waals surface area contributed by atoms with Gasteiger partial charge in [0.15, 0.2) is 6.61 Å². The van der Waals surface area contributed by atoms with Gasteiger partial charge in [-0.15, -0.1) is 0 Å². The summed E-state index contributed by atoms with van der Waals surface area (Å²) in [5.74, 6) is -1.48. The number of hydrogen-bond acceptors (Lipinski definition) is 4. The van der Waals surface area contributed by atoms with Gasteiger partial charge in [0.25, 0.3) is 11.8 Å². The molecule has 0 saturated carbocycles. The molecule has 126 valence electrons. The van der Waals surface area contributed by atoms with E-state index in [0.29, 0.717) is 5.56 Å². The Balaban J connectivity index is 2.70. The van der Waals surface area contributed by atoms with E-state index in [2.05, 4.69) is 21.2 Å². The summed E-state index contributed by atoms with van der Waals surface area (Å²) in [7, 11) is 3.15. The zero-order valence-electron chi connectivity index (χ0n) is 13.6. The Hall–Kier alpha value is -1.89. The van der Waals surface area contributed by atoms with Crippen molar-refractivity contribution in [1.29, 1.82) is 0 Å². The summed E-state index contributed by atoms with van der Waals surface area (Å²) < 4.78 is 5.85. The van der Waals surface area contributed by atoms with Gasteiger partial charge in [-0.2, -0.15) is 0 Å². The summed E-state index contributed by atoms with van der Waals surface area (Å²) in [5.41, 5.74) is 0.441. The van der Waals surface area contributed by atoms with E-state index < -0.39 is 12.0 Å². The third-order valence-corrected chi connectivity index (χ3v) is 3.68. The van der Waals surface area contributed by atoms with Gasteiger partial charge in [-0.05, 0) is 30.2 Å². The molecule has 7 heteroatoms. The van der Waals surface area contributed by atoms with E-state index in [9.17, 15) is 14.4 Å². The molecular weight excluding hydrogens is 364 g/mol. The van der Waals surface area contributed by atoms with Gasteiger partial charge in [0.1, 0.15) is 6.04 Å². The number of amides is 2. The lowest BCUT2D eigenvalue weighted by Gasteiger charge is -2.21. The molecule has 0 saturated heterocycles. The standard InChI is InChI=1S/C16H21BrN2O4/c1-10(2)14(16(22)23-9-13(20)19(3)4)18-15(21)11-5-7-12(17)8-6-11/h5-8,10,14H,9H2,1-4H3,(H,18,21)/t14-/m0/s1. The van der Waals surface area contributed by atoms with Crippen LogP contribution in [0.3, 0.4) is 0 Å². The molecule has 0 aliphatic rings. The van der Waals surface area contributed by atoms with Crippen LogP contribution in [0.15, 0.2) is 28.7 Å². The summed E-state index contributed by atoms with van der Waals surface area (Å²) in [6.45, 7) is 3.24. The number of rotatable bonds is 6. The molecule has 1 rings (SSSR count). The maximum absolute atomic E-state index is 12.2. The predicted molar refractivity (Wildman–Crippen MR) is 89.9 cm³/mol. The molecule has 0 fully saturated rings. The van der Waals surface area contributed by atoms with Gasteiger partial charge >= 0.3 is 5.97 Å². The van der Waals surface area contributed by atoms with Crippen molar-refractivity contribution >= 4 is 33.7 Å². The Bertz CT molecular complexity index is 570. The van der Waals surface area contributed by atoms with Gasteiger partial charge in [0.05, 0.1) is 0 Å². The first-order chi connectivity index (χ1) is 10.7. The zero-order chi connectivity index (χ0) is 17.6. The highest BCUT2D eigenvalue weighted by Gasteiger charge is 2.26. The van der Waals surface area contributed by atoms with Gasteiger partial charge in [0, 0.05) is 24.1 Å². The topological polar surface area (TPSA) is 75.7 Å². The third-order valence-electron chi connectivity index (χ3n) is 3.15. The first-order valence-electron chi connectivity index (χ1n) is 7.15. The Morgan fingerprint density at radius 1 is 1.17 bits per heavy atom. The number of esters is 1. The number of nitrogens with zero attached hydrogens (tertiary/aromatic N) is 1. The van der Waals surface area contributed by atoms with E-state index in [0.717, 1.165) is 4.47 Å². The van der Waals surface area contributed by atoms with Crippen molar-refractivity contribution in [3.05, 3.63) is 34.3 Å². The maximum atomic E-state index is 12.2. The van der Waals surface area contributed by atoms with Crippen LogP contribution in [0.2, 0.25) is 0 Å². The smallest absolute Gasteiger partial charge is 0.329 e. The Kier molecular flexibility index (Phi) is 7.22. The van der Waals surface area contributed by atoms with E-state index in [1.807, 2.05) is 0 Å². The fourth-order valence-electron chi connectivity index (χ4n) is 1.68. The van der Waals surface area contributed by atoms with Crippen LogP contribution in [0.25, 0.3) is 0 Å². The molecule has 23 heavy (non-hydrogen) atoms. The van der Waals surface area contributed by atoms with Crippen molar-refractivity contribution in [2.75, 3.05) is 20.7 Å². The largest absolute Gasteiger partial charge is 0.454 e. The lowest BCUT2D eigenvalue weighted by Crippen LogP contribution is -2.46. The Labute approximate surface area is 144 Å². The van der Waals surface area contributed by atoms with Crippen LogP contribution in [-0.4, -0.2) is 49.4 Å². The van der Waals surface area contributed by atoms with E-state index in [-0.39, 0.29) is 24.3 Å². The van der Waals surface area contributed by atoms with E-state index in [4.69, 9.17) is 4.74 Å². The zero-order valence-corrected chi connectivity index (χ0v) is 15.2. The summed E-state index contributed by atoms with van der Waals surface area (Å²) in [5, 5.41) is 2.65. The molecule has 2 amide bonds. The second-order valence-electron chi connectivity index (χ2n) is 5.60. The number of nitrogens with one attached hydrogen (secondary N) is 1. The van der Waals surface area contributed by atoms with Crippen LogP contribution in [0.5, 0.6) is 0 Å². The molecule has 0 radical (unpaired) electrons. The summed E-state index contributed by atoms with van der Waals surface area (Å²) in [4.78, 5) is 37.1. The van der Waals surface area contributed by atoms with Crippen molar-refractivity contribution in [3.63, 3.8) is 0 Å². The molecule has 6 nitrogen and oxygen atoms in total. The summed E-state index contributed by atoms with van der Waals surface area (Å²) in [6, 6.07) is 5.97. The molecule has 0 unspecified atom stereocenters. The first kappa shape index (κ1) is 19.2. The van der Waals surface area contributed by atoms with Crippen molar-refractivity contribution in [1.82, 2.24) is 10.2 Å². The minimum absolute atomic E-state index is 0.170. The molecule has 1 aromatic carbocycles. The molecule has 0 heterocycles. The molecular formula is C16H21BrN2O4. The van der Waals surface area contributed by atoms with Crippen LogP contribution in [0.1, 0.15) is 24.2 Å². The molecule has 0 aliphatic carbocycles. The SMILES string of the molecule is CC(C)[C@H](NC(=O)c1ccc(Br)cc1)C(=O)OCC(=O)N(C)C. The molecule has 0 bridgehead atoms.